The molecule has 4 rings (SSSR count). The van der Waals surface area contributed by atoms with Crippen LogP contribution in [0.5, 0.6) is 0 Å². The molecule has 1 aliphatic rings. The Hall–Kier alpha value is -2.71. The third kappa shape index (κ3) is 4.22. The fourth-order valence-corrected chi connectivity index (χ4v) is 5.91. The van der Waals surface area contributed by atoms with E-state index in [9.17, 15) is 14.7 Å². The van der Waals surface area contributed by atoms with Crippen molar-refractivity contribution in [2.75, 3.05) is 0 Å². The molecule has 2 N–H and O–H groups in total. The highest BCUT2D eigenvalue weighted by molar-refractivity contribution is 9.10. The summed E-state index contributed by atoms with van der Waals surface area (Å²) in [6, 6.07) is 9.03. The molecular weight excluding hydrogens is 478 g/mol. The first-order chi connectivity index (χ1) is 14.9. The Balaban J connectivity index is 1.63. The maximum Gasteiger partial charge on any atom is 0.339 e. The zero-order valence-electron chi connectivity index (χ0n) is 17.2. The van der Waals surface area contributed by atoms with Gasteiger partial charge in [-0.1, -0.05) is 22.0 Å². The zero-order valence-corrected chi connectivity index (χ0v) is 19.6. The van der Waals surface area contributed by atoms with Gasteiger partial charge in [-0.3, -0.25) is 4.79 Å². The molecule has 0 saturated carbocycles. The van der Waals surface area contributed by atoms with E-state index in [0.717, 1.165) is 57.7 Å². The van der Waals surface area contributed by atoms with Crippen molar-refractivity contribution in [1.82, 2.24) is 9.99 Å². The second-order valence-corrected chi connectivity index (χ2v) is 9.57. The first kappa shape index (κ1) is 21.5. The molecule has 0 fully saturated rings. The highest BCUT2D eigenvalue weighted by Gasteiger charge is 2.27. The van der Waals surface area contributed by atoms with Gasteiger partial charge in [-0.2, -0.15) is 5.10 Å². The number of benzene rings is 1. The number of thiophene rings is 1. The van der Waals surface area contributed by atoms with Crippen LogP contribution >= 0.6 is 27.3 Å². The predicted octanol–water partition coefficient (Wildman–Crippen LogP) is 5.26. The molecule has 8 heteroatoms. The number of carbonyl (C=O) groups excluding carboxylic acids is 1. The van der Waals surface area contributed by atoms with Gasteiger partial charge in [0.25, 0.3) is 5.91 Å². The maximum absolute atomic E-state index is 12.3. The number of nitrogens with one attached hydrogen (secondary N) is 1. The van der Waals surface area contributed by atoms with Crippen LogP contribution in [0.3, 0.4) is 0 Å². The minimum atomic E-state index is -0.876. The Morgan fingerprint density at radius 2 is 2.00 bits per heavy atom. The largest absolute Gasteiger partial charge is 0.478 e. The molecule has 1 aliphatic carbocycles. The van der Waals surface area contributed by atoms with Crippen LogP contribution in [0, 0.1) is 13.8 Å². The topological polar surface area (TPSA) is 83.7 Å². The lowest BCUT2D eigenvalue weighted by atomic mass is 9.95. The lowest BCUT2D eigenvalue weighted by Crippen LogP contribution is -2.17. The Morgan fingerprint density at radius 1 is 1.23 bits per heavy atom. The van der Waals surface area contributed by atoms with Crippen LogP contribution in [0.4, 0.5) is 0 Å². The summed E-state index contributed by atoms with van der Waals surface area (Å²) in [6.07, 6.45) is 5.50. The number of aromatic carboxylic acids is 1. The normalized spacial score (nSPS) is 13.4. The molecule has 0 spiro atoms. The monoisotopic (exact) mass is 499 g/mol. The van der Waals surface area contributed by atoms with Crippen LogP contribution in [0.15, 0.2) is 39.9 Å². The van der Waals surface area contributed by atoms with Gasteiger partial charge in [0.15, 0.2) is 0 Å². The quantitative estimate of drug-likeness (QED) is 0.370. The summed E-state index contributed by atoms with van der Waals surface area (Å²) in [5, 5.41) is 14.8. The van der Waals surface area contributed by atoms with Gasteiger partial charge in [-0.05, 0) is 69.4 Å². The molecule has 2 heterocycles. The molecule has 0 aliphatic heterocycles. The lowest BCUT2D eigenvalue weighted by Gasteiger charge is -2.11. The molecule has 3 aromatic rings. The number of fused-ring (bicyclic) bond motifs is 1. The highest BCUT2D eigenvalue weighted by Crippen LogP contribution is 2.38. The number of carboxylic acid groups (broad SMARTS) is 1. The fourth-order valence-electron chi connectivity index (χ4n) is 4.02. The van der Waals surface area contributed by atoms with Crippen molar-refractivity contribution in [3.05, 3.63) is 73.3 Å². The second-order valence-electron chi connectivity index (χ2n) is 7.57. The summed E-state index contributed by atoms with van der Waals surface area (Å²) in [5.41, 5.74) is 7.11. The molecule has 1 aromatic carbocycles. The zero-order chi connectivity index (χ0) is 22.1. The van der Waals surface area contributed by atoms with E-state index in [1.807, 2.05) is 30.5 Å². The average molecular weight is 500 g/mol. The van der Waals surface area contributed by atoms with E-state index >= 15 is 0 Å². The SMILES string of the molecule is Cc1cc(/C=N\NC(=O)c2cccc(Br)c2)c(C)n1-c1sc2c(c1C(=O)O)CCCC2. The third-order valence-electron chi connectivity index (χ3n) is 5.50. The van der Waals surface area contributed by atoms with Crippen LogP contribution in [0.2, 0.25) is 0 Å². The van der Waals surface area contributed by atoms with E-state index in [2.05, 4.69) is 26.5 Å². The van der Waals surface area contributed by atoms with Gasteiger partial charge in [0.2, 0.25) is 0 Å². The smallest absolute Gasteiger partial charge is 0.339 e. The summed E-state index contributed by atoms with van der Waals surface area (Å²) < 4.78 is 2.81. The van der Waals surface area contributed by atoms with Gasteiger partial charge in [-0.15, -0.1) is 11.3 Å². The summed E-state index contributed by atoms with van der Waals surface area (Å²) >= 11 is 4.93. The standard InChI is InChI=1S/C23H22BrN3O3S/c1-13-10-16(12-25-26-21(28)15-6-5-7-17(24)11-15)14(2)27(13)22-20(23(29)30)18-8-3-4-9-19(18)31-22/h5-7,10-12H,3-4,8-9H2,1-2H3,(H,26,28)(H,29,30)/b25-12-. The van der Waals surface area contributed by atoms with Gasteiger partial charge in [-0.25, -0.2) is 10.2 Å². The molecule has 1 amide bonds. The Kier molecular flexibility index (Phi) is 6.11. The van der Waals surface area contributed by atoms with Gasteiger partial charge < -0.3 is 9.67 Å². The fraction of sp³-hybridized carbons (Fsp3) is 0.261. The van der Waals surface area contributed by atoms with Crippen LogP contribution < -0.4 is 5.43 Å². The van der Waals surface area contributed by atoms with E-state index in [4.69, 9.17) is 0 Å². The molecule has 0 bridgehead atoms. The Labute approximate surface area is 192 Å². The Bertz CT molecular complexity index is 1210. The molecule has 0 saturated heterocycles. The molecule has 0 radical (unpaired) electrons. The number of halogens is 1. The van der Waals surface area contributed by atoms with Crippen molar-refractivity contribution in [2.24, 2.45) is 5.10 Å². The van der Waals surface area contributed by atoms with E-state index < -0.39 is 5.97 Å². The number of aryl methyl sites for hydroxylation is 2. The third-order valence-corrected chi connectivity index (χ3v) is 7.27. The van der Waals surface area contributed by atoms with Crippen LogP contribution in [0.25, 0.3) is 5.00 Å². The van der Waals surface area contributed by atoms with Crippen molar-refractivity contribution in [2.45, 2.75) is 39.5 Å². The predicted molar refractivity (Wildman–Crippen MR) is 126 cm³/mol. The van der Waals surface area contributed by atoms with Crippen LogP contribution in [0.1, 0.15) is 60.9 Å². The summed E-state index contributed by atoms with van der Waals surface area (Å²) in [4.78, 5) is 25.5. The highest BCUT2D eigenvalue weighted by atomic mass is 79.9. The van der Waals surface area contributed by atoms with Gasteiger partial charge >= 0.3 is 5.97 Å². The summed E-state index contributed by atoms with van der Waals surface area (Å²) in [7, 11) is 0. The van der Waals surface area contributed by atoms with Crippen molar-refractivity contribution in [1.29, 1.82) is 0 Å². The van der Waals surface area contributed by atoms with Crippen molar-refractivity contribution < 1.29 is 14.7 Å². The van der Waals surface area contributed by atoms with Gasteiger partial charge in [0, 0.05) is 31.9 Å². The lowest BCUT2D eigenvalue weighted by molar-refractivity contribution is 0.0695. The molecule has 160 valence electrons. The number of amides is 1. The maximum atomic E-state index is 12.3. The minimum absolute atomic E-state index is 0.301. The summed E-state index contributed by atoms with van der Waals surface area (Å²) in [6.45, 7) is 3.89. The van der Waals surface area contributed by atoms with Crippen molar-refractivity contribution in [3.63, 3.8) is 0 Å². The number of carboxylic acids is 1. The van der Waals surface area contributed by atoms with Crippen molar-refractivity contribution >= 4 is 45.4 Å². The number of aromatic nitrogens is 1. The molecule has 0 atom stereocenters. The van der Waals surface area contributed by atoms with Crippen molar-refractivity contribution in [3.8, 4) is 5.00 Å². The number of hydrazone groups is 1. The van der Waals surface area contributed by atoms with E-state index in [1.165, 1.54) is 4.88 Å². The summed E-state index contributed by atoms with van der Waals surface area (Å²) in [5.74, 6) is -1.18. The van der Waals surface area contributed by atoms with E-state index in [1.54, 1.807) is 35.8 Å². The first-order valence-electron chi connectivity index (χ1n) is 10.0. The molecule has 0 unspecified atom stereocenters. The first-order valence-corrected chi connectivity index (χ1v) is 11.6. The minimum Gasteiger partial charge on any atom is -0.478 e. The average Bonchev–Trinajstić information content (AvgIpc) is 3.24. The number of hydrogen-bond donors (Lipinski definition) is 2. The molecule has 31 heavy (non-hydrogen) atoms. The molecule has 6 nitrogen and oxygen atoms in total. The number of nitrogens with zero attached hydrogens (tertiary/aromatic N) is 2. The number of rotatable bonds is 5. The van der Waals surface area contributed by atoms with E-state index in [-0.39, 0.29) is 5.91 Å². The number of carbonyl (C=O) groups is 2. The van der Waals surface area contributed by atoms with Crippen LogP contribution in [-0.2, 0) is 12.8 Å². The number of hydrogen-bond acceptors (Lipinski definition) is 4. The second kappa shape index (κ2) is 8.80. The van der Waals surface area contributed by atoms with Gasteiger partial charge in [0.1, 0.15) is 5.00 Å². The molecular formula is C23H22BrN3O3S. The Morgan fingerprint density at radius 3 is 2.74 bits per heavy atom. The molecule has 2 aromatic heterocycles. The van der Waals surface area contributed by atoms with E-state index in [0.29, 0.717) is 11.1 Å². The van der Waals surface area contributed by atoms with Crippen LogP contribution in [-0.4, -0.2) is 27.8 Å². The van der Waals surface area contributed by atoms with Gasteiger partial charge in [0.05, 0.1) is 11.8 Å².